The number of furan rings is 1. The molecular weight excluding hydrogens is 438 g/mol. The Morgan fingerprint density at radius 2 is 1.97 bits per heavy atom. The van der Waals surface area contributed by atoms with Crippen molar-refractivity contribution in [1.29, 1.82) is 0 Å². The van der Waals surface area contributed by atoms with Gasteiger partial charge in [-0.2, -0.15) is 5.10 Å². The molecule has 0 atom stereocenters. The number of thioether (sulfide) groups is 1. The van der Waals surface area contributed by atoms with Gasteiger partial charge in [0.05, 0.1) is 23.4 Å². The number of aromatic nitrogens is 3. The van der Waals surface area contributed by atoms with E-state index in [0.29, 0.717) is 24.5 Å². The molecule has 2 amide bonds. The van der Waals surface area contributed by atoms with Gasteiger partial charge in [-0.05, 0) is 50.1 Å². The molecule has 3 aromatic heterocycles. The summed E-state index contributed by atoms with van der Waals surface area (Å²) in [5.74, 6) is 2.72. The van der Waals surface area contributed by atoms with Crippen LogP contribution in [-0.4, -0.2) is 67.6 Å². The molecule has 0 bridgehead atoms. The first-order chi connectivity index (χ1) is 16.1. The van der Waals surface area contributed by atoms with Gasteiger partial charge < -0.3 is 14.2 Å². The predicted molar refractivity (Wildman–Crippen MR) is 126 cm³/mol. The number of hydrogen-bond donors (Lipinski definition) is 0. The van der Waals surface area contributed by atoms with Crippen LogP contribution in [0.2, 0.25) is 0 Å². The van der Waals surface area contributed by atoms with Crippen molar-refractivity contribution < 1.29 is 14.0 Å². The first kappa shape index (κ1) is 21.8. The zero-order valence-corrected chi connectivity index (χ0v) is 19.5. The van der Waals surface area contributed by atoms with Crippen LogP contribution in [0.5, 0.6) is 0 Å². The molecule has 3 aromatic rings. The molecule has 2 aliphatic rings. The number of amides is 2. The number of carbonyl (C=O) groups is 2. The van der Waals surface area contributed by atoms with Crippen molar-refractivity contribution in [2.24, 2.45) is 0 Å². The van der Waals surface area contributed by atoms with Crippen molar-refractivity contribution in [1.82, 2.24) is 24.6 Å². The molecular formula is C24H27N5O3S. The fraction of sp³-hybridized carbons (Fsp3) is 0.417. The van der Waals surface area contributed by atoms with Crippen molar-refractivity contribution in [2.75, 3.05) is 31.3 Å². The first-order valence-corrected chi connectivity index (χ1v) is 12.4. The molecule has 5 rings (SSSR count). The standard InChI is InChI=1S/C24H27N5O3S/c1-17-4-5-19(24(31)28-12-14-33-16-28)23(25-17)18-6-9-27(10-7-18)22(30)15-29-11-8-20(26-29)21-3-2-13-32-21/h2-5,8,11,13,18H,6-7,9-10,12,14-16H2,1H3. The zero-order valence-electron chi connectivity index (χ0n) is 18.6. The van der Waals surface area contributed by atoms with E-state index in [-0.39, 0.29) is 24.3 Å². The van der Waals surface area contributed by atoms with Crippen LogP contribution in [0.25, 0.3) is 11.5 Å². The Bertz CT molecular complexity index is 1130. The number of rotatable bonds is 5. The number of piperidine rings is 1. The summed E-state index contributed by atoms with van der Waals surface area (Å²) in [5, 5.41) is 4.45. The van der Waals surface area contributed by atoms with Crippen LogP contribution in [0.15, 0.2) is 47.2 Å². The van der Waals surface area contributed by atoms with Gasteiger partial charge in [-0.15, -0.1) is 11.8 Å². The van der Waals surface area contributed by atoms with Gasteiger partial charge in [-0.25, -0.2) is 0 Å². The molecule has 0 saturated carbocycles. The van der Waals surface area contributed by atoms with Crippen LogP contribution in [-0.2, 0) is 11.3 Å². The van der Waals surface area contributed by atoms with Crippen LogP contribution in [0.1, 0.15) is 40.5 Å². The highest BCUT2D eigenvalue weighted by molar-refractivity contribution is 7.99. The van der Waals surface area contributed by atoms with E-state index < -0.39 is 0 Å². The van der Waals surface area contributed by atoms with Crippen LogP contribution >= 0.6 is 11.8 Å². The molecule has 2 fully saturated rings. The largest absolute Gasteiger partial charge is 0.463 e. The Morgan fingerprint density at radius 3 is 2.70 bits per heavy atom. The average Bonchev–Trinajstić information content (AvgIpc) is 3.61. The summed E-state index contributed by atoms with van der Waals surface area (Å²) in [6.07, 6.45) is 5.01. The lowest BCUT2D eigenvalue weighted by atomic mass is 9.89. The minimum Gasteiger partial charge on any atom is -0.463 e. The monoisotopic (exact) mass is 465 g/mol. The summed E-state index contributed by atoms with van der Waals surface area (Å²) in [5.41, 5.74) is 3.24. The molecule has 2 aliphatic heterocycles. The van der Waals surface area contributed by atoms with E-state index in [1.54, 1.807) is 28.9 Å². The minimum atomic E-state index is 0.0464. The van der Waals surface area contributed by atoms with Crippen LogP contribution < -0.4 is 0 Å². The summed E-state index contributed by atoms with van der Waals surface area (Å²) in [4.78, 5) is 34.5. The van der Waals surface area contributed by atoms with E-state index in [4.69, 9.17) is 9.40 Å². The van der Waals surface area contributed by atoms with Crippen molar-refractivity contribution in [2.45, 2.75) is 32.2 Å². The third-order valence-corrected chi connectivity index (χ3v) is 7.25. The van der Waals surface area contributed by atoms with Gasteiger partial charge in [0.1, 0.15) is 12.2 Å². The number of nitrogens with zero attached hydrogens (tertiary/aromatic N) is 5. The zero-order chi connectivity index (χ0) is 22.8. The van der Waals surface area contributed by atoms with Gasteiger partial charge >= 0.3 is 0 Å². The summed E-state index contributed by atoms with van der Waals surface area (Å²) in [6, 6.07) is 9.35. The summed E-state index contributed by atoms with van der Waals surface area (Å²) in [7, 11) is 0. The summed E-state index contributed by atoms with van der Waals surface area (Å²) in [6.45, 7) is 4.25. The molecule has 0 aliphatic carbocycles. The number of hydrogen-bond acceptors (Lipinski definition) is 6. The van der Waals surface area contributed by atoms with Crippen molar-refractivity contribution in [3.63, 3.8) is 0 Å². The van der Waals surface area contributed by atoms with E-state index >= 15 is 0 Å². The Morgan fingerprint density at radius 1 is 1.12 bits per heavy atom. The highest BCUT2D eigenvalue weighted by Gasteiger charge is 2.30. The van der Waals surface area contributed by atoms with Crippen molar-refractivity contribution in [3.8, 4) is 11.5 Å². The average molecular weight is 466 g/mol. The fourth-order valence-corrected chi connectivity index (χ4v) is 5.41. The maximum Gasteiger partial charge on any atom is 0.256 e. The molecule has 2 saturated heterocycles. The summed E-state index contributed by atoms with van der Waals surface area (Å²) < 4.78 is 7.02. The molecule has 9 heteroatoms. The van der Waals surface area contributed by atoms with E-state index in [9.17, 15) is 9.59 Å². The molecule has 8 nitrogen and oxygen atoms in total. The van der Waals surface area contributed by atoms with E-state index in [1.165, 1.54) is 0 Å². The second kappa shape index (κ2) is 9.43. The maximum atomic E-state index is 13.1. The lowest BCUT2D eigenvalue weighted by Gasteiger charge is -2.32. The Balaban J connectivity index is 1.22. The van der Waals surface area contributed by atoms with Crippen LogP contribution in [0.4, 0.5) is 0 Å². The molecule has 0 unspecified atom stereocenters. The Hall–Kier alpha value is -3.07. The first-order valence-electron chi connectivity index (χ1n) is 11.3. The van der Waals surface area contributed by atoms with Crippen molar-refractivity contribution in [3.05, 3.63) is 59.7 Å². The fourth-order valence-electron chi connectivity index (χ4n) is 4.46. The lowest BCUT2D eigenvalue weighted by Crippen LogP contribution is -2.40. The molecule has 172 valence electrons. The Kier molecular flexibility index (Phi) is 6.22. The van der Waals surface area contributed by atoms with Crippen LogP contribution in [0.3, 0.4) is 0 Å². The minimum absolute atomic E-state index is 0.0464. The predicted octanol–water partition coefficient (Wildman–Crippen LogP) is 3.40. The lowest BCUT2D eigenvalue weighted by molar-refractivity contribution is -0.133. The summed E-state index contributed by atoms with van der Waals surface area (Å²) >= 11 is 1.78. The van der Waals surface area contributed by atoms with Gasteiger partial charge in [-0.1, -0.05) is 0 Å². The third kappa shape index (κ3) is 4.68. The number of likely N-dealkylation sites (tertiary alicyclic amines) is 1. The number of carbonyl (C=O) groups excluding carboxylic acids is 2. The Labute approximate surface area is 197 Å². The molecule has 0 aromatic carbocycles. The smallest absolute Gasteiger partial charge is 0.256 e. The topological polar surface area (TPSA) is 84.5 Å². The SMILES string of the molecule is Cc1ccc(C(=O)N2CCSC2)c(C2CCN(C(=O)Cn3ccc(-c4ccco4)n3)CC2)n1. The molecule has 33 heavy (non-hydrogen) atoms. The van der Waals surface area contributed by atoms with E-state index in [2.05, 4.69) is 5.10 Å². The highest BCUT2D eigenvalue weighted by atomic mass is 32.2. The quantitative estimate of drug-likeness (QED) is 0.574. The molecule has 0 radical (unpaired) electrons. The van der Waals surface area contributed by atoms with Crippen molar-refractivity contribution >= 4 is 23.6 Å². The molecule has 0 spiro atoms. The molecule has 0 N–H and O–H groups in total. The molecule has 5 heterocycles. The van der Waals surface area contributed by atoms with Gasteiger partial charge in [0.2, 0.25) is 5.91 Å². The maximum absolute atomic E-state index is 13.1. The van der Waals surface area contributed by atoms with Gasteiger partial charge in [0.25, 0.3) is 5.91 Å². The van der Waals surface area contributed by atoms with Gasteiger partial charge in [0, 0.05) is 43.2 Å². The third-order valence-electron chi connectivity index (χ3n) is 6.28. The van der Waals surface area contributed by atoms with Gasteiger partial charge in [0.15, 0.2) is 5.76 Å². The second-order valence-corrected chi connectivity index (χ2v) is 9.60. The second-order valence-electron chi connectivity index (χ2n) is 8.52. The normalized spacial score (nSPS) is 17.0. The van der Waals surface area contributed by atoms with E-state index in [0.717, 1.165) is 48.0 Å². The van der Waals surface area contributed by atoms with E-state index in [1.807, 2.05) is 47.1 Å². The van der Waals surface area contributed by atoms with Crippen LogP contribution in [0, 0.1) is 6.92 Å². The number of aryl methyl sites for hydroxylation is 1. The number of pyridine rings is 1. The van der Waals surface area contributed by atoms with Gasteiger partial charge in [-0.3, -0.25) is 19.3 Å². The highest BCUT2D eigenvalue weighted by Crippen LogP contribution is 2.31.